The van der Waals surface area contributed by atoms with Gasteiger partial charge in [-0.25, -0.2) is 19.2 Å². The molecule has 1 saturated carbocycles. The Bertz CT molecular complexity index is 1030. The van der Waals surface area contributed by atoms with Gasteiger partial charge in [0, 0.05) is 37.4 Å². The molecule has 2 N–H and O–H groups in total. The molecule has 2 aromatic heterocycles. The Morgan fingerprint density at radius 1 is 1.29 bits per heavy atom. The second kappa shape index (κ2) is 6.19. The van der Waals surface area contributed by atoms with E-state index in [0.717, 1.165) is 36.2 Å². The summed E-state index contributed by atoms with van der Waals surface area (Å²) in [6.07, 6.45) is 5.63. The van der Waals surface area contributed by atoms with Crippen LogP contribution in [0.1, 0.15) is 12.8 Å². The quantitative estimate of drug-likeness (QED) is 0.731. The lowest BCUT2D eigenvalue weighted by molar-refractivity contribution is 0.220. The van der Waals surface area contributed by atoms with E-state index < -0.39 is 0 Å². The number of halogens is 1. The van der Waals surface area contributed by atoms with Gasteiger partial charge in [-0.05, 0) is 43.2 Å². The number of hydrogen-bond donors (Lipinski definition) is 2. The largest absolute Gasteiger partial charge is 0.354 e. The van der Waals surface area contributed by atoms with E-state index in [1.807, 2.05) is 24.2 Å². The van der Waals surface area contributed by atoms with Crippen LogP contribution < -0.4 is 10.2 Å². The standard InChI is InChI=1S/C20H21FN6O/c1-26(18-15-6-9-22-17(15)23-12-24-18)16-10-27(11-20(16)7-8-20)19(28)25-14-4-2-13(21)3-5-14/h2-6,9,12,16H,7-8,10-11H2,1H3,(H,25,28)(H,22,23,24). The number of hydrogen-bond acceptors (Lipinski definition) is 4. The number of carbonyl (C=O) groups is 1. The number of nitrogens with one attached hydrogen (secondary N) is 2. The van der Waals surface area contributed by atoms with E-state index in [1.165, 1.54) is 12.1 Å². The van der Waals surface area contributed by atoms with Crippen molar-refractivity contribution < 1.29 is 9.18 Å². The van der Waals surface area contributed by atoms with Gasteiger partial charge in [0.05, 0.1) is 11.4 Å². The number of carbonyl (C=O) groups excluding carboxylic acids is 1. The molecule has 2 aliphatic rings. The van der Waals surface area contributed by atoms with Gasteiger partial charge in [-0.2, -0.15) is 0 Å². The van der Waals surface area contributed by atoms with Crippen LogP contribution in [0.3, 0.4) is 0 Å². The lowest BCUT2D eigenvalue weighted by Crippen LogP contribution is -2.40. The molecule has 1 aliphatic carbocycles. The van der Waals surface area contributed by atoms with Crippen LogP contribution in [0.2, 0.25) is 0 Å². The highest BCUT2D eigenvalue weighted by Gasteiger charge is 2.57. The minimum Gasteiger partial charge on any atom is -0.354 e. The first-order chi connectivity index (χ1) is 13.6. The molecule has 8 heteroatoms. The first-order valence-corrected chi connectivity index (χ1v) is 9.38. The Morgan fingerprint density at radius 3 is 2.82 bits per heavy atom. The molecule has 3 heterocycles. The van der Waals surface area contributed by atoms with Crippen LogP contribution in [-0.4, -0.2) is 52.1 Å². The summed E-state index contributed by atoms with van der Waals surface area (Å²) in [5, 5.41) is 3.85. The van der Waals surface area contributed by atoms with Gasteiger partial charge in [-0.15, -0.1) is 0 Å². The molecule has 1 spiro atoms. The van der Waals surface area contributed by atoms with Gasteiger partial charge in [0.15, 0.2) is 0 Å². The summed E-state index contributed by atoms with van der Waals surface area (Å²) >= 11 is 0. The van der Waals surface area contributed by atoms with E-state index >= 15 is 0 Å². The van der Waals surface area contributed by atoms with Crippen LogP contribution in [0.25, 0.3) is 11.0 Å². The summed E-state index contributed by atoms with van der Waals surface area (Å²) < 4.78 is 13.1. The topological polar surface area (TPSA) is 77.2 Å². The molecular weight excluding hydrogens is 359 g/mol. The minimum atomic E-state index is -0.321. The number of aromatic nitrogens is 3. The van der Waals surface area contributed by atoms with Crippen LogP contribution in [-0.2, 0) is 0 Å². The lowest BCUT2D eigenvalue weighted by Gasteiger charge is -2.30. The Labute approximate surface area is 161 Å². The van der Waals surface area contributed by atoms with Crippen molar-refractivity contribution in [2.45, 2.75) is 18.9 Å². The van der Waals surface area contributed by atoms with Crippen molar-refractivity contribution in [3.8, 4) is 0 Å². The van der Waals surface area contributed by atoms with Crippen molar-refractivity contribution in [2.75, 3.05) is 30.4 Å². The fourth-order valence-electron chi connectivity index (χ4n) is 4.32. The van der Waals surface area contributed by atoms with E-state index in [0.29, 0.717) is 12.2 Å². The zero-order valence-electron chi connectivity index (χ0n) is 15.5. The smallest absolute Gasteiger partial charge is 0.321 e. The molecule has 1 aliphatic heterocycles. The number of likely N-dealkylation sites (N-methyl/N-ethyl adjacent to an activating group) is 1. The number of benzene rings is 1. The van der Waals surface area contributed by atoms with E-state index in [2.05, 4.69) is 25.2 Å². The second-order valence-corrected chi connectivity index (χ2v) is 7.74. The average Bonchev–Trinajstić information content (AvgIpc) is 3.13. The van der Waals surface area contributed by atoms with Crippen molar-refractivity contribution in [1.29, 1.82) is 0 Å². The zero-order valence-corrected chi connectivity index (χ0v) is 15.5. The molecule has 0 bridgehead atoms. The summed E-state index contributed by atoms with van der Waals surface area (Å²) in [5.74, 6) is 0.557. The molecule has 1 unspecified atom stereocenters. The van der Waals surface area contributed by atoms with Crippen LogP contribution in [0.5, 0.6) is 0 Å². The van der Waals surface area contributed by atoms with Gasteiger partial charge in [0.1, 0.15) is 23.6 Å². The highest BCUT2D eigenvalue weighted by atomic mass is 19.1. The highest BCUT2D eigenvalue weighted by Crippen LogP contribution is 2.55. The Morgan fingerprint density at radius 2 is 2.07 bits per heavy atom. The number of rotatable bonds is 3. The average molecular weight is 380 g/mol. The number of aromatic amines is 1. The molecule has 144 valence electrons. The normalized spacial score (nSPS) is 19.9. The Kier molecular flexibility index (Phi) is 3.75. The monoisotopic (exact) mass is 380 g/mol. The van der Waals surface area contributed by atoms with E-state index in [-0.39, 0.29) is 23.3 Å². The summed E-state index contributed by atoms with van der Waals surface area (Å²) in [5.41, 5.74) is 1.52. The number of likely N-dealkylation sites (tertiary alicyclic amines) is 1. The Hall–Kier alpha value is -3.16. The highest BCUT2D eigenvalue weighted by molar-refractivity contribution is 5.90. The fraction of sp³-hybridized carbons (Fsp3) is 0.350. The van der Waals surface area contributed by atoms with E-state index in [4.69, 9.17) is 0 Å². The predicted molar refractivity (Wildman–Crippen MR) is 105 cm³/mol. The second-order valence-electron chi connectivity index (χ2n) is 7.74. The van der Waals surface area contributed by atoms with E-state index in [1.54, 1.807) is 18.5 Å². The SMILES string of the molecule is CN(c1ncnc2[nH]ccc12)C1CN(C(=O)Nc2ccc(F)cc2)CC12CC2. The van der Waals surface area contributed by atoms with Gasteiger partial charge in [0.25, 0.3) is 0 Å². The van der Waals surface area contributed by atoms with Crippen molar-refractivity contribution in [2.24, 2.45) is 5.41 Å². The number of anilines is 2. The molecule has 0 radical (unpaired) electrons. The van der Waals surface area contributed by atoms with E-state index in [9.17, 15) is 9.18 Å². The third-order valence-corrected chi connectivity index (χ3v) is 6.02. The molecule has 1 atom stereocenters. The first kappa shape index (κ1) is 17.0. The first-order valence-electron chi connectivity index (χ1n) is 9.38. The molecule has 2 amide bonds. The number of H-pyrrole nitrogens is 1. The molecule has 1 saturated heterocycles. The number of urea groups is 1. The summed E-state index contributed by atoms with van der Waals surface area (Å²) in [6.45, 7) is 1.34. The van der Waals surface area contributed by atoms with Crippen LogP contribution in [0.4, 0.5) is 20.7 Å². The zero-order chi connectivity index (χ0) is 19.3. The van der Waals surface area contributed by atoms with Crippen molar-refractivity contribution in [3.63, 3.8) is 0 Å². The molecular formula is C20H21FN6O. The molecule has 28 heavy (non-hydrogen) atoms. The number of fused-ring (bicyclic) bond motifs is 1. The molecule has 1 aromatic carbocycles. The molecule has 5 rings (SSSR count). The molecule has 3 aromatic rings. The van der Waals surface area contributed by atoms with Crippen molar-refractivity contribution in [3.05, 3.63) is 48.7 Å². The third kappa shape index (κ3) is 2.76. The maximum atomic E-state index is 13.1. The molecule has 7 nitrogen and oxygen atoms in total. The maximum Gasteiger partial charge on any atom is 0.321 e. The lowest BCUT2D eigenvalue weighted by atomic mass is 9.99. The van der Waals surface area contributed by atoms with Gasteiger partial charge < -0.3 is 20.1 Å². The maximum absolute atomic E-state index is 13.1. The van der Waals surface area contributed by atoms with Crippen LogP contribution in [0, 0.1) is 11.2 Å². The van der Waals surface area contributed by atoms with Crippen LogP contribution >= 0.6 is 0 Å². The van der Waals surface area contributed by atoms with Gasteiger partial charge in [0.2, 0.25) is 0 Å². The summed E-state index contributed by atoms with van der Waals surface area (Å²) in [6, 6.07) is 7.86. The van der Waals surface area contributed by atoms with Gasteiger partial charge in [-0.1, -0.05) is 0 Å². The van der Waals surface area contributed by atoms with Crippen LogP contribution in [0.15, 0.2) is 42.9 Å². The Balaban J connectivity index is 1.36. The van der Waals surface area contributed by atoms with Gasteiger partial charge in [-0.3, -0.25) is 0 Å². The summed E-state index contributed by atoms with van der Waals surface area (Å²) in [7, 11) is 2.04. The van der Waals surface area contributed by atoms with Crippen molar-refractivity contribution in [1.82, 2.24) is 19.9 Å². The summed E-state index contributed by atoms with van der Waals surface area (Å²) in [4.78, 5) is 28.7. The minimum absolute atomic E-state index is 0.114. The third-order valence-electron chi connectivity index (χ3n) is 6.02. The van der Waals surface area contributed by atoms with Gasteiger partial charge >= 0.3 is 6.03 Å². The number of nitrogens with zero attached hydrogens (tertiary/aromatic N) is 4. The predicted octanol–water partition coefficient (Wildman–Crippen LogP) is 3.23. The molecule has 2 fully saturated rings. The van der Waals surface area contributed by atoms with Crippen molar-refractivity contribution >= 4 is 28.6 Å². The number of amides is 2. The fourth-order valence-corrected chi connectivity index (χ4v) is 4.32.